The molecule has 1 aromatic rings. The van der Waals surface area contributed by atoms with Crippen LogP contribution in [0.5, 0.6) is 0 Å². The zero-order chi connectivity index (χ0) is 16.0. The van der Waals surface area contributed by atoms with Crippen molar-refractivity contribution in [3.8, 4) is 0 Å². The predicted octanol–water partition coefficient (Wildman–Crippen LogP) is 3.64. The first kappa shape index (κ1) is 17.7. The van der Waals surface area contributed by atoms with E-state index in [2.05, 4.69) is 5.32 Å². The van der Waals surface area contributed by atoms with Gasteiger partial charge in [-0.2, -0.15) is 11.8 Å². The van der Waals surface area contributed by atoms with E-state index in [1.54, 1.807) is 23.7 Å². The van der Waals surface area contributed by atoms with E-state index in [0.717, 1.165) is 12.2 Å². The lowest BCUT2D eigenvalue weighted by atomic mass is 10.2. The maximum absolute atomic E-state index is 12.2. The molecule has 0 saturated heterocycles. The van der Waals surface area contributed by atoms with Gasteiger partial charge in [0.2, 0.25) is 0 Å². The number of nitrogens with zero attached hydrogens (tertiary/aromatic N) is 1. The Morgan fingerprint density at radius 3 is 2.62 bits per heavy atom. The first-order valence-electron chi connectivity index (χ1n) is 6.45. The fourth-order valence-corrected chi connectivity index (χ4v) is 2.94. The summed E-state index contributed by atoms with van der Waals surface area (Å²) in [5.41, 5.74) is 0.410. The van der Waals surface area contributed by atoms with Gasteiger partial charge in [0.15, 0.2) is 0 Å². The van der Waals surface area contributed by atoms with E-state index in [1.165, 1.54) is 18.2 Å². The predicted molar refractivity (Wildman–Crippen MR) is 87.7 cm³/mol. The highest BCUT2D eigenvalue weighted by molar-refractivity contribution is 7.98. The lowest BCUT2D eigenvalue weighted by molar-refractivity contribution is 0.0697. The number of carbonyl (C=O) groups is 2. The molecule has 0 aliphatic rings. The van der Waals surface area contributed by atoms with Gasteiger partial charge in [0, 0.05) is 29.6 Å². The number of nitrogens with one attached hydrogen (secondary N) is 1. The third-order valence-electron chi connectivity index (χ3n) is 3.09. The van der Waals surface area contributed by atoms with Gasteiger partial charge >= 0.3 is 12.0 Å². The third-order valence-corrected chi connectivity index (χ3v) is 4.03. The van der Waals surface area contributed by atoms with E-state index in [1.807, 2.05) is 13.2 Å². The van der Waals surface area contributed by atoms with Crippen LogP contribution in [0.15, 0.2) is 18.2 Å². The summed E-state index contributed by atoms with van der Waals surface area (Å²) in [6.07, 6.45) is 2.84. The van der Waals surface area contributed by atoms with E-state index in [9.17, 15) is 9.59 Å². The van der Waals surface area contributed by atoms with E-state index in [-0.39, 0.29) is 22.7 Å². The average Bonchev–Trinajstić information content (AvgIpc) is 2.43. The molecule has 0 aliphatic carbocycles. The number of hydrogen-bond acceptors (Lipinski definition) is 3. The minimum atomic E-state index is -1.09. The van der Waals surface area contributed by atoms with Gasteiger partial charge in [-0.15, -0.1) is 0 Å². The van der Waals surface area contributed by atoms with Crippen LogP contribution in [0.25, 0.3) is 0 Å². The van der Waals surface area contributed by atoms with E-state index < -0.39 is 5.97 Å². The summed E-state index contributed by atoms with van der Waals surface area (Å²) in [5.74, 6) is -0.244. The second kappa shape index (κ2) is 8.14. The summed E-state index contributed by atoms with van der Waals surface area (Å²) in [7, 11) is 1.72. The van der Waals surface area contributed by atoms with Crippen LogP contribution in [0, 0.1) is 0 Å². The highest BCUT2D eigenvalue weighted by Crippen LogP contribution is 2.20. The molecule has 1 aromatic carbocycles. The average molecular weight is 331 g/mol. The molecule has 0 heterocycles. The molecule has 2 N–H and O–H groups in total. The van der Waals surface area contributed by atoms with Crippen molar-refractivity contribution in [3.63, 3.8) is 0 Å². The van der Waals surface area contributed by atoms with Crippen molar-refractivity contribution in [1.29, 1.82) is 0 Å². The highest BCUT2D eigenvalue weighted by atomic mass is 35.5. The number of halogens is 1. The Morgan fingerprint density at radius 2 is 2.10 bits per heavy atom. The number of urea groups is 1. The summed E-state index contributed by atoms with van der Waals surface area (Å²) < 4.78 is 0. The van der Waals surface area contributed by atoms with Crippen molar-refractivity contribution < 1.29 is 14.7 Å². The summed E-state index contributed by atoms with van der Waals surface area (Å²) >= 11 is 7.54. The van der Waals surface area contributed by atoms with Crippen molar-refractivity contribution >= 4 is 41.1 Å². The number of thioether (sulfide) groups is 1. The Labute approximate surface area is 133 Å². The number of carbonyl (C=O) groups excluding carboxylic acids is 1. The molecule has 0 radical (unpaired) electrons. The van der Waals surface area contributed by atoms with Gasteiger partial charge in [0.1, 0.15) is 0 Å². The molecule has 0 aromatic heterocycles. The molecule has 1 unspecified atom stereocenters. The second-order valence-electron chi connectivity index (χ2n) is 4.59. The van der Waals surface area contributed by atoms with Gasteiger partial charge in [-0.3, -0.25) is 0 Å². The first-order chi connectivity index (χ1) is 9.88. The van der Waals surface area contributed by atoms with Crippen LogP contribution in [-0.2, 0) is 0 Å². The number of aromatic carboxylic acids is 1. The Balaban J connectivity index is 2.85. The summed E-state index contributed by atoms with van der Waals surface area (Å²) in [5, 5.41) is 11.9. The van der Waals surface area contributed by atoms with Crippen molar-refractivity contribution in [2.24, 2.45) is 0 Å². The molecule has 0 spiro atoms. The second-order valence-corrected chi connectivity index (χ2v) is 5.94. The van der Waals surface area contributed by atoms with Crippen LogP contribution >= 0.6 is 23.4 Å². The summed E-state index contributed by atoms with van der Waals surface area (Å²) in [6, 6.07) is 4.09. The number of carboxylic acids is 1. The van der Waals surface area contributed by atoms with Gasteiger partial charge in [0.25, 0.3) is 0 Å². The molecule has 116 valence electrons. The number of benzene rings is 1. The molecule has 0 fully saturated rings. The third kappa shape index (κ3) is 5.13. The van der Waals surface area contributed by atoms with E-state index in [4.69, 9.17) is 16.7 Å². The van der Waals surface area contributed by atoms with Crippen LogP contribution in [0.4, 0.5) is 10.5 Å². The maximum atomic E-state index is 12.2. The first-order valence-corrected chi connectivity index (χ1v) is 8.22. The lowest BCUT2D eigenvalue weighted by Crippen LogP contribution is -2.41. The van der Waals surface area contributed by atoms with Crippen LogP contribution in [0.3, 0.4) is 0 Å². The summed E-state index contributed by atoms with van der Waals surface area (Å²) in [4.78, 5) is 24.8. The van der Waals surface area contributed by atoms with Crippen molar-refractivity contribution in [3.05, 3.63) is 28.8 Å². The van der Waals surface area contributed by atoms with Crippen molar-refractivity contribution in [2.75, 3.05) is 24.4 Å². The Kier molecular flexibility index (Phi) is 6.84. The Bertz CT molecular complexity index is 525. The molecule has 1 rings (SSSR count). The molecule has 1 atom stereocenters. The molecule has 21 heavy (non-hydrogen) atoms. The molecule has 0 aliphatic heterocycles. The maximum Gasteiger partial charge on any atom is 0.335 e. The molecule has 5 nitrogen and oxygen atoms in total. The van der Waals surface area contributed by atoms with Crippen molar-refractivity contribution in [2.45, 2.75) is 19.4 Å². The molecular weight excluding hydrogens is 312 g/mol. The molecule has 2 amide bonds. The quantitative estimate of drug-likeness (QED) is 0.835. The van der Waals surface area contributed by atoms with E-state index in [0.29, 0.717) is 5.69 Å². The fraction of sp³-hybridized carbons (Fsp3) is 0.429. The van der Waals surface area contributed by atoms with Gasteiger partial charge < -0.3 is 15.3 Å². The topological polar surface area (TPSA) is 69.6 Å². The zero-order valence-corrected chi connectivity index (χ0v) is 13.8. The molecular formula is C14H19ClN2O3S. The number of carboxylic acid groups (broad SMARTS) is 1. The SMILES string of the molecule is CCC(CSC)N(C)C(=O)Nc1cc(Cl)cc(C(=O)O)c1. The fourth-order valence-electron chi connectivity index (χ4n) is 1.86. The van der Waals surface area contributed by atoms with Gasteiger partial charge in [-0.05, 0) is 30.9 Å². The van der Waals surface area contributed by atoms with Crippen molar-refractivity contribution in [1.82, 2.24) is 4.90 Å². The van der Waals surface area contributed by atoms with Crippen LogP contribution in [-0.4, -0.2) is 47.1 Å². The highest BCUT2D eigenvalue weighted by Gasteiger charge is 2.18. The summed E-state index contributed by atoms with van der Waals surface area (Å²) in [6.45, 7) is 2.02. The normalized spacial score (nSPS) is 11.8. The van der Waals surface area contributed by atoms with Crippen LogP contribution < -0.4 is 5.32 Å². The Morgan fingerprint density at radius 1 is 1.43 bits per heavy atom. The zero-order valence-electron chi connectivity index (χ0n) is 12.2. The molecule has 0 bridgehead atoms. The lowest BCUT2D eigenvalue weighted by Gasteiger charge is -2.27. The minimum absolute atomic E-state index is 0.0385. The number of hydrogen-bond donors (Lipinski definition) is 2. The van der Waals surface area contributed by atoms with Gasteiger partial charge in [-0.25, -0.2) is 9.59 Å². The largest absolute Gasteiger partial charge is 0.478 e. The number of anilines is 1. The van der Waals surface area contributed by atoms with Crippen LogP contribution in [0.1, 0.15) is 23.7 Å². The van der Waals surface area contributed by atoms with E-state index >= 15 is 0 Å². The monoisotopic (exact) mass is 330 g/mol. The van der Waals surface area contributed by atoms with Gasteiger partial charge in [-0.1, -0.05) is 18.5 Å². The minimum Gasteiger partial charge on any atom is -0.478 e. The van der Waals surface area contributed by atoms with Gasteiger partial charge in [0.05, 0.1) is 5.56 Å². The Hall–Kier alpha value is -1.40. The number of amides is 2. The molecule has 0 saturated carbocycles. The smallest absolute Gasteiger partial charge is 0.335 e. The standard InChI is InChI=1S/C14H19ClN2O3S/c1-4-12(8-21-3)17(2)14(20)16-11-6-9(13(18)19)5-10(15)7-11/h5-7,12H,4,8H2,1-3H3,(H,16,20)(H,18,19). The number of rotatable bonds is 6. The molecule has 7 heteroatoms. The van der Waals surface area contributed by atoms with Crippen LogP contribution in [0.2, 0.25) is 5.02 Å².